The molecule has 1 unspecified atom stereocenters. The maximum absolute atomic E-state index is 6.32. The van der Waals surface area contributed by atoms with Crippen molar-refractivity contribution in [1.29, 1.82) is 0 Å². The Balaban J connectivity index is 1.46. The quantitative estimate of drug-likeness (QED) is 0.368. The number of aromatic nitrogens is 4. The van der Waals surface area contributed by atoms with Crippen LogP contribution < -0.4 is 19.5 Å². The molecule has 0 fully saturated rings. The van der Waals surface area contributed by atoms with Gasteiger partial charge in [0.15, 0.2) is 11.5 Å². The van der Waals surface area contributed by atoms with Crippen molar-refractivity contribution in [2.45, 2.75) is 18.8 Å². The van der Waals surface area contributed by atoms with Gasteiger partial charge in [-0.05, 0) is 30.0 Å². The summed E-state index contributed by atoms with van der Waals surface area (Å²) < 4.78 is 18.2. The average molecular weight is 478 g/mol. The lowest BCUT2D eigenvalue weighted by Crippen LogP contribution is -2.04. The van der Waals surface area contributed by atoms with Crippen LogP contribution in [0.1, 0.15) is 29.2 Å². The van der Waals surface area contributed by atoms with Gasteiger partial charge in [-0.15, -0.1) is 0 Å². The summed E-state index contributed by atoms with van der Waals surface area (Å²) in [5.41, 5.74) is 4.08. The Kier molecular flexibility index (Phi) is 5.98. The first-order valence-corrected chi connectivity index (χ1v) is 11.2. The van der Waals surface area contributed by atoms with Gasteiger partial charge in [-0.25, -0.2) is 15.0 Å². The van der Waals surface area contributed by atoms with E-state index in [1.807, 2.05) is 41.1 Å². The number of anilines is 2. The van der Waals surface area contributed by atoms with Gasteiger partial charge in [-0.3, -0.25) is 0 Å². The van der Waals surface area contributed by atoms with E-state index in [2.05, 4.69) is 32.4 Å². The molecule has 1 N–H and O–H groups in total. The molecule has 0 aliphatic heterocycles. The number of fused-ring (bicyclic) bond motifs is 1. The van der Waals surface area contributed by atoms with E-state index in [9.17, 15) is 0 Å². The molecule has 9 heteroatoms. The summed E-state index contributed by atoms with van der Waals surface area (Å²) in [5.74, 6) is 3.18. The summed E-state index contributed by atoms with van der Waals surface area (Å²) in [6, 6.07) is 14.1. The normalized spacial score (nSPS) is 14.5. The van der Waals surface area contributed by atoms with E-state index in [1.54, 1.807) is 27.7 Å². The molecule has 2 aromatic carbocycles. The minimum atomic E-state index is 0.203. The predicted molar refractivity (Wildman–Crippen MR) is 130 cm³/mol. The lowest BCUT2D eigenvalue weighted by molar-refractivity contribution is 0.324. The van der Waals surface area contributed by atoms with Gasteiger partial charge in [-0.1, -0.05) is 30.3 Å². The van der Waals surface area contributed by atoms with E-state index in [1.165, 1.54) is 5.56 Å². The SMILES string of the molecule is COc1cc(-n2cnc(Nc3nc(Cl)nc4c3CCC4c3ccccc3)c2)cc(OC)c1OC. The van der Waals surface area contributed by atoms with Crippen LogP contribution in [0.15, 0.2) is 55.0 Å². The van der Waals surface area contributed by atoms with Crippen LogP contribution in [-0.2, 0) is 6.42 Å². The maximum Gasteiger partial charge on any atom is 0.224 e. The molecule has 2 heterocycles. The standard InChI is InChI=1S/C25H24ClN5O3/c1-32-19-11-16(12-20(33-2)23(19)34-3)31-13-21(27-14-31)28-24-18-10-9-17(15-7-5-4-6-8-15)22(18)29-25(26)30-24/h4-8,11-14,17H,9-10H2,1-3H3,(H,28,29,30). The molecule has 5 rings (SSSR count). The summed E-state index contributed by atoms with van der Waals surface area (Å²) in [5, 5.41) is 3.55. The molecule has 0 saturated carbocycles. The second kappa shape index (κ2) is 9.23. The summed E-state index contributed by atoms with van der Waals surface area (Å²) >= 11 is 6.32. The zero-order valence-electron chi connectivity index (χ0n) is 19.1. The molecule has 0 bridgehead atoms. The second-order valence-corrected chi connectivity index (χ2v) is 8.22. The van der Waals surface area contributed by atoms with Crippen molar-refractivity contribution < 1.29 is 14.2 Å². The summed E-state index contributed by atoms with van der Waals surface area (Å²) in [6.45, 7) is 0. The Labute approximate surface area is 202 Å². The van der Waals surface area contributed by atoms with E-state index in [0.29, 0.717) is 28.9 Å². The molecule has 4 aromatic rings. The zero-order chi connectivity index (χ0) is 23.7. The lowest BCUT2D eigenvalue weighted by Gasteiger charge is -2.14. The number of hydrogen-bond acceptors (Lipinski definition) is 7. The topological polar surface area (TPSA) is 83.3 Å². The number of nitrogens with zero attached hydrogens (tertiary/aromatic N) is 4. The van der Waals surface area contributed by atoms with Gasteiger partial charge in [0.25, 0.3) is 0 Å². The smallest absolute Gasteiger partial charge is 0.224 e. The number of rotatable bonds is 7. The van der Waals surface area contributed by atoms with Crippen LogP contribution in [0.2, 0.25) is 5.28 Å². The number of ether oxygens (including phenoxy) is 3. The third-order valence-electron chi connectivity index (χ3n) is 6.00. The highest BCUT2D eigenvalue weighted by Crippen LogP contribution is 2.41. The molecule has 2 aromatic heterocycles. The molecule has 0 spiro atoms. The van der Waals surface area contributed by atoms with Crippen molar-refractivity contribution in [3.63, 3.8) is 0 Å². The van der Waals surface area contributed by atoms with Crippen molar-refractivity contribution in [2.24, 2.45) is 0 Å². The first-order valence-electron chi connectivity index (χ1n) is 10.8. The zero-order valence-corrected chi connectivity index (χ0v) is 19.8. The Bertz CT molecular complexity index is 1300. The van der Waals surface area contributed by atoms with Crippen molar-refractivity contribution in [2.75, 3.05) is 26.6 Å². The van der Waals surface area contributed by atoms with Gasteiger partial charge in [-0.2, -0.15) is 0 Å². The second-order valence-electron chi connectivity index (χ2n) is 7.88. The largest absolute Gasteiger partial charge is 0.493 e. The minimum Gasteiger partial charge on any atom is -0.493 e. The average Bonchev–Trinajstić information content (AvgIpc) is 3.51. The number of nitrogens with one attached hydrogen (secondary N) is 1. The molecular formula is C25H24ClN5O3. The number of halogens is 1. The third kappa shape index (κ3) is 4.01. The molecule has 1 atom stereocenters. The molecule has 0 amide bonds. The number of methoxy groups -OCH3 is 3. The summed E-state index contributed by atoms with van der Waals surface area (Å²) in [4.78, 5) is 13.5. The van der Waals surface area contributed by atoms with Crippen molar-refractivity contribution in [3.05, 3.63) is 77.1 Å². The molecular weight excluding hydrogens is 454 g/mol. The molecule has 0 saturated heterocycles. The summed E-state index contributed by atoms with van der Waals surface area (Å²) in [7, 11) is 4.75. The lowest BCUT2D eigenvalue weighted by atomic mass is 9.97. The van der Waals surface area contributed by atoms with E-state index in [4.69, 9.17) is 25.8 Å². The third-order valence-corrected chi connectivity index (χ3v) is 6.17. The van der Waals surface area contributed by atoms with E-state index >= 15 is 0 Å². The fourth-order valence-electron chi connectivity index (χ4n) is 4.41. The van der Waals surface area contributed by atoms with E-state index in [-0.39, 0.29) is 11.2 Å². The van der Waals surface area contributed by atoms with Crippen LogP contribution in [0.4, 0.5) is 11.6 Å². The maximum atomic E-state index is 6.32. The van der Waals surface area contributed by atoms with Crippen LogP contribution >= 0.6 is 11.6 Å². The van der Waals surface area contributed by atoms with Crippen molar-refractivity contribution in [1.82, 2.24) is 19.5 Å². The number of benzene rings is 2. The Morgan fingerprint density at radius 1 is 1.00 bits per heavy atom. The van der Waals surface area contributed by atoms with E-state index in [0.717, 1.165) is 29.8 Å². The highest BCUT2D eigenvalue weighted by Gasteiger charge is 2.29. The predicted octanol–water partition coefficient (Wildman–Crippen LogP) is 5.16. The Morgan fingerprint density at radius 3 is 2.41 bits per heavy atom. The fraction of sp³-hybridized carbons (Fsp3) is 0.240. The van der Waals surface area contributed by atoms with Crippen LogP contribution in [0.3, 0.4) is 0 Å². The van der Waals surface area contributed by atoms with Gasteiger partial charge < -0.3 is 24.1 Å². The fourth-order valence-corrected chi connectivity index (χ4v) is 4.59. The summed E-state index contributed by atoms with van der Waals surface area (Å²) in [6.07, 6.45) is 5.40. The Hall–Kier alpha value is -3.78. The van der Waals surface area contributed by atoms with Crippen LogP contribution in [0.25, 0.3) is 5.69 Å². The van der Waals surface area contributed by atoms with Crippen molar-refractivity contribution in [3.8, 4) is 22.9 Å². The first kappa shape index (κ1) is 22.0. The first-order chi connectivity index (χ1) is 16.6. The molecule has 8 nitrogen and oxygen atoms in total. The minimum absolute atomic E-state index is 0.203. The van der Waals surface area contributed by atoms with Crippen LogP contribution in [0, 0.1) is 0 Å². The van der Waals surface area contributed by atoms with Gasteiger partial charge in [0.05, 0.1) is 38.9 Å². The van der Waals surface area contributed by atoms with Crippen molar-refractivity contribution >= 4 is 23.2 Å². The van der Waals surface area contributed by atoms with Crippen LogP contribution in [-0.4, -0.2) is 40.8 Å². The highest BCUT2D eigenvalue weighted by molar-refractivity contribution is 6.28. The molecule has 0 radical (unpaired) electrons. The highest BCUT2D eigenvalue weighted by atomic mass is 35.5. The van der Waals surface area contributed by atoms with E-state index < -0.39 is 0 Å². The molecule has 174 valence electrons. The molecule has 1 aliphatic carbocycles. The Morgan fingerprint density at radius 2 is 1.74 bits per heavy atom. The number of imidazole rings is 1. The van der Waals surface area contributed by atoms with Crippen LogP contribution in [0.5, 0.6) is 17.2 Å². The van der Waals surface area contributed by atoms with Gasteiger partial charge in [0.1, 0.15) is 18.0 Å². The van der Waals surface area contributed by atoms with Gasteiger partial charge in [0.2, 0.25) is 11.0 Å². The van der Waals surface area contributed by atoms with Gasteiger partial charge in [0, 0.05) is 23.6 Å². The monoisotopic (exact) mass is 477 g/mol. The van der Waals surface area contributed by atoms with Gasteiger partial charge >= 0.3 is 0 Å². The molecule has 1 aliphatic rings. The molecule has 34 heavy (non-hydrogen) atoms. The number of hydrogen-bond donors (Lipinski definition) is 1.